The zero-order chi connectivity index (χ0) is 16.7. The number of hydrazone groups is 1. The second-order valence-electron chi connectivity index (χ2n) is 5.08. The van der Waals surface area contributed by atoms with Gasteiger partial charge < -0.3 is 10.0 Å². The van der Waals surface area contributed by atoms with Gasteiger partial charge in [0, 0.05) is 26.0 Å². The lowest BCUT2D eigenvalue weighted by Crippen LogP contribution is -2.17. The molecule has 0 unspecified atom stereocenters. The molecular weight excluding hydrogens is 290 g/mol. The van der Waals surface area contributed by atoms with E-state index < -0.39 is 5.91 Å². The molecule has 5 heteroatoms. The van der Waals surface area contributed by atoms with Gasteiger partial charge >= 0.3 is 0 Å². The fourth-order valence-electron chi connectivity index (χ4n) is 1.90. The van der Waals surface area contributed by atoms with E-state index in [1.807, 2.05) is 49.3 Å². The number of nitrogens with one attached hydrogen (secondary N) is 1. The smallest absolute Gasteiger partial charge is 0.275 e. The van der Waals surface area contributed by atoms with E-state index in [1.54, 1.807) is 18.2 Å². The normalized spacial score (nSPS) is 11.0. The molecule has 0 saturated heterocycles. The van der Waals surface area contributed by atoms with Crippen LogP contribution in [0.5, 0.6) is 5.75 Å². The minimum atomic E-state index is -0.455. The molecule has 0 radical (unpaired) electrons. The number of para-hydroxylation sites is 1. The molecule has 0 aromatic heterocycles. The van der Waals surface area contributed by atoms with Crippen LogP contribution in [0.3, 0.4) is 0 Å². The van der Waals surface area contributed by atoms with Crippen molar-refractivity contribution in [1.82, 2.24) is 5.43 Å². The van der Waals surface area contributed by atoms with E-state index in [0.29, 0.717) is 0 Å². The Hall–Kier alpha value is -3.08. The molecule has 2 N–H and O–H groups in total. The number of rotatable bonds is 5. The molecule has 0 heterocycles. The number of carbonyl (C=O) groups excluding carboxylic acids is 1. The molecule has 1 amide bonds. The molecular formula is C18H19N3O2. The van der Waals surface area contributed by atoms with Gasteiger partial charge in [-0.2, -0.15) is 5.10 Å². The Morgan fingerprint density at radius 2 is 1.83 bits per heavy atom. The van der Waals surface area contributed by atoms with Gasteiger partial charge in [0.05, 0.1) is 5.56 Å². The molecule has 5 nitrogen and oxygen atoms in total. The summed E-state index contributed by atoms with van der Waals surface area (Å²) in [6, 6.07) is 14.4. The van der Waals surface area contributed by atoms with Crippen LogP contribution in [0.2, 0.25) is 0 Å². The highest BCUT2D eigenvalue weighted by atomic mass is 16.3. The van der Waals surface area contributed by atoms with Gasteiger partial charge in [0.2, 0.25) is 0 Å². The highest BCUT2D eigenvalue weighted by Crippen LogP contribution is 2.15. The zero-order valence-electron chi connectivity index (χ0n) is 13.1. The van der Waals surface area contributed by atoms with Crippen LogP contribution in [0, 0.1) is 0 Å². The first-order chi connectivity index (χ1) is 11.1. The van der Waals surface area contributed by atoms with Gasteiger partial charge in [0.25, 0.3) is 5.91 Å². The van der Waals surface area contributed by atoms with E-state index in [0.717, 1.165) is 11.3 Å². The van der Waals surface area contributed by atoms with Gasteiger partial charge in [0.1, 0.15) is 5.75 Å². The Morgan fingerprint density at radius 1 is 1.13 bits per heavy atom. The molecule has 0 bridgehead atoms. The van der Waals surface area contributed by atoms with Crippen molar-refractivity contribution >= 4 is 23.9 Å². The maximum atomic E-state index is 11.8. The Morgan fingerprint density at radius 3 is 2.48 bits per heavy atom. The van der Waals surface area contributed by atoms with Gasteiger partial charge in [-0.15, -0.1) is 0 Å². The largest absolute Gasteiger partial charge is 0.507 e. The average Bonchev–Trinajstić information content (AvgIpc) is 2.55. The number of phenolic OH excluding ortho intramolecular Hbond substituents is 1. The number of nitrogens with zero attached hydrogens (tertiary/aromatic N) is 2. The third kappa shape index (κ3) is 4.71. The average molecular weight is 309 g/mol. The number of benzene rings is 2. The quantitative estimate of drug-likeness (QED) is 0.659. The Kier molecular flexibility index (Phi) is 5.52. The highest BCUT2D eigenvalue weighted by Gasteiger charge is 2.08. The van der Waals surface area contributed by atoms with Gasteiger partial charge in [-0.25, -0.2) is 5.43 Å². The number of aromatic hydroxyl groups is 1. The van der Waals surface area contributed by atoms with Crippen molar-refractivity contribution in [2.45, 2.75) is 0 Å². The Balaban J connectivity index is 1.89. The standard InChI is InChI=1S/C18H19N3O2/c1-21(2)15-11-9-14(10-12-15)6-5-13-19-20-18(23)16-7-3-4-8-17(16)22/h3-13,22H,1-2H3,(H,20,23). The molecule has 23 heavy (non-hydrogen) atoms. The van der Waals surface area contributed by atoms with Crippen LogP contribution in [-0.4, -0.2) is 31.3 Å². The lowest BCUT2D eigenvalue weighted by atomic mass is 10.2. The molecule has 118 valence electrons. The Labute approximate surface area is 135 Å². The van der Waals surface area contributed by atoms with E-state index in [4.69, 9.17) is 0 Å². The highest BCUT2D eigenvalue weighted by molar-refractivity contribution is 5.97. The van der Waals surface area contributed by atoms with E-state index in [2.05, 4.69) is 10.5 Å². The lowest BCUT2D eigenvalue weighted by molar-refractivity contribution is 0.0952. The summed E-state index contributed by atoms with van der Waals surface area (Å²) in [7, 11) is 3.98. The maximum Gasteiger partial charge on any atom is 0.275 e. The van der Waals surface area contributed by atoms with Gasteiger partial charge in [-0.05, 0) is 35.9 Å². The number of phenols is 1. The predicted molar refractivity (Wildman–Crippen MR) is 93.9 cm³/mol. The van der Waals surface area contributed by atoms with Gasteiger partial charge in [-0.1, -0.05) is 30.3 Å². The molecule has 2 aromatic rings. The van der Waals surface area contributed by atoms with Crippen molar-refractivity contribution in [2.24, 2.45) is 5.10 Å². The minimum Gasteiger partial charge on any atom is -0.507 e. The van der Waals surface area contributed by atoms with Crippen LogP contribution in [0.4, 0.5) is 5.69 Å². The SMILES string of the molecule is CN(C)c1ccc(C=CC=NNC(=O)c2ccccc2O)cc1. The summed E-state index contributed by atoms with van der Waals surface area (Å²) in [6.45, 7) is 0. The number of carbonyl (C=O) groups is 1. The second kappa shape index (κ2) is 7.79. The summed E-state index contributed by atoms with van der Waals surface area (Å²) in [5.74, 6) is -0.528. The summed E-state index contributed by atoms with van der Waals surface area (Å²) < 4.78 is 0. The van der Waals surface area contributed by atoms with Crippen molar-refractivity contribution in [1.29, 1.82) is 0 Å². The molecule has 2 aromatic carbocycles. The van der Waals surface area contributed by atoms with Crippen molar-refractivity contribution in [3.8, 4) is 5.75 Å². The first kappa shape index (κ1) is 16.3. The van der Waals surface area contributed by atoms with Crippen molar-refractivity contribution in [3.63, 3.8) is 0 Å². The molecule has 0 atom stereocenters. The fourth-order valence-corrected chi connectivity index (χ4v) is 1.90. The second-order valence-corrected chi connectivity index (χ2v) is 5.08. The van der Waals surface area contributed by atoms with Crippen LogP contribution in [0.25, 0.3) is 6.08 Å². The zero-order valence-corrected chi connectivity index (χ0v) is 13.1. The first-order valence-corrected chi connectivity index (χ1v) is 7.13. The van der Waals surface area contributed by atoms with Crippen molar-refractivity contribution in [3.05, 3.63) is 65.7 Å². The summed E-state index contributed by atoms with van der Waals surface area (Å²) in [5, 5.41) is 13.4. The molecule has 0 aliphatic rings. The van der Waals surface area contributed by atoms with E-state index >= 15 is 0 Å². The number of anilines is 1. The van der Waals surface area contributed by atoms with Gasteiger partial charge in [0.15, 0.2) is 0 Å². The molecule has 0 fully saturated rings. The predicted octanol–water partition coefficient (Wildman–Crippen LogP) is 2.89. The maximum absolute atomic E-state index is 11.8. The van der Waals surface area contributed by atoms with E-state index in [9.17, 15) is 9.90 Å². The van der Waals surface area contributed by atoms with E-state index in [-0.39, 0.29) is 11.3 Å². The topological polar surface area (TPSA) is 64.9 Å². The summed E-state index contributed by atoms with van der Waals surface area (Å²) >= 11 is 0. The molecule has 0 aliphatic carbocycles. The molecule has 0 spiro atoms. The van der Waals surface area contributed by atoms with Crippen LogP contribution >= 0.6 is 0 Å². The van der Waals surface area contributed by atoms with Crippen LogP contribution < -0.4 is 10.3 Å². The minimum absolute atomic E-state index is 0.0725. The number of allylic oxidation sites excluding steroid dienone is 1. The summed E-state index contributed by atoms with van der Waals surface area (Å²) in [4.78, 5) is 13.8. The Bertz CT molecular complexity index is 719. The molecule has 0 saturated carbocycles. The number of hydrogen-bond donors (Lipinski definition) is 2. The molecule has 2 rings (SSSR count). The van der Waals surface area contributed by atoms with E-state index in [1.165, 1.54) is 18.3 Å². The van der Waals surface area contributed by atoms with Gasteiger partial charge in [-0.3, -0.25) is 4.79 Å². The summed E-state index contributed by atoms with van der Waals surface area (Å²) in [5.41, 5.74) is 4.72. The number of hydrogen-bond acceptors (Lipinski definition) is 4. The number of amides is 1. The first-order valence-electron chi connectivity index (χ1n) is 7.13. The fraction of sp³-hybridized carbons (Fsp3) is 0.111. The third-order valence-electron chi connectivity index (χ3n) is 3.17. The van der Waals surface area contributed by atoms with Crippen LogP contribution in [-0.2, 0) is 0 Å². The molecule has 0 aliphatic heterocycles. The van der Waals surface area contributed by atoms with Crippen LogP contribution in [0.15, 0.2) is 59.7 Å². The van der Waals surface area contributed by atoms with Crippen molar-refractivity contribution < 1.29 is 9.90 Å². The van der Waals surface area contributed by atoms with Crippen molar-refractivity contribution in [2.75, 3.05) is 19.0 Å². The lowest BCUT2D eigenvalue weighted by Gasteiger charge is -2.11. The third-order valence-corrected chi connectivity index (χ3v) is 3.17. The monoisotopic (exact) mass is 309 g/mol. The summed E-state index contributed by atoms with van der Waals surface area (Å²) in [6.07, 6.45) is 5.10. The van der Waals surface area contributed by atoms with Crippen LogP contribution in [0.1, 0.15) is 15.9 Å².